The van der Waals surface area contributed by atoms with Crippen LogP contribution in [0.25, 0.3) is 0 Å². The molecular weight excluding hydrogens is 202 g/mol. The van der Waals surface area contributed by atoms with Gasteiger partial charge in [0, 0.05) is 19.6 Å². The third-order valence-corrected chi connectivity index (χ3v) is 3.81. The van der Waals surface area contributed by atoms with E-state index in [0.717, 1.165) is 31.8 Å². The lowest BCUT2D eigenvalue weighted by Gasteiger charge is -2.12. The van der Waals surface area contributed by atoms with Crippen molar-refractivity contribution in [2.45, 2.75) is 57.5 Å². The third-order valence-electron chi connectivity index (χ3n) is 3.81. The summed E-state index contributed by atoms with van der Waals surface area (Å²) in [5.74, 6) is 1.02. The molecular formula is C13H23NO2. The molecule has 1 amide bonds. The van der Waals surface area contributed by atoms with Crippen LogP contribution in [0.5, 0.6) is 0 Å². The Labute approximate surface area is 97.9 Å². The van der Waals surface area contributed by atoms with E-state index in [0.29, 0.717) is 13.0 Å². The molecule has 0 bridgehead atoms. The molecule has 3 nitrogen and oxygen atoms in total. The van der Waals surface area contributed by atoms with Crippen LogP contribution in [0.3, 0.4) is 0 Å². The quantitative estimate of drug-likeness (QED) is 0.779. The molecule has 1 aliphatic carbocycles. The van der Waals surface area contributed by atoms with Crippen molar-refractivity contribution in [3.63, 3.8) is 0 Å². The smallest absolute Gasteiger partial charge is 0.220 e. The summed E-state index contributed by atoms with van der Waals surface area (Å²) in [5, 5.41) is 2.98. The van der Waals surface area contributed by atoms with Gasteiger partial charge in [0.15, 0.2) is 0 Å². The molecule has 2 fully saturated rings. The summed E-state index contributed by atoms with van der Waals surface area (Å²) in [6.07, 6.45) is 9.69. The summed E-state index contributed by atoms with van der Waals surface area (Å²) in [7, 11) is 0. The molecule has 1 saturated heterocycles. The van der Waals surface area contributed by atoms with Gasteiger partial charge in [0.25, 0.3) is 0 Å². The van der Waals surface area contributed by atoms with Crippen molar-refractivity contribution in [1.29, 1.82) is 0 Å². The van der Waals surface area contributed by atoms with Gasteiger partial charge in [-0.05, 0) is 25.2 Å². The monoisotopic (exact) mass is 225 g/mol. The molecule has 2 aliphatic rings. The highest BCUT2D eigenvalue weighted by atomic mass is 16.5. The van der Waals surface area contributed by atoms with Crippen LogP contribution in [0.4, 0.5) is 0 Å². The van der Waals surface area contributed by atoms with Crippen LogP contribution >= 0.6 is 0 Å². The van der Waals surface area contributed by atoms with Crippen molar-refractivity contribution in [3.05, 3.63) is 0 Å². The van der Waals surface area contributed by atoms with Crippen LogP contribution in [-0.2, 0) is 9.53 Å². The van der Waals surface area contributed by atoms with E-state index in [2.05, 4.69) is 5.32 Å². The minimum Gasteiger partial charge on any atom is -0.376 e. The zero-order chi connectivity index (χ0) is 11.2. The van der Waals surface area contributed by atoms with E-state index < -0.39 is 0 Å². The predicted molar refractivity (Wildman–Crippen MR) is 63.2 cm³/mol. The fourth-order valence-electron chi connectivity index (χ4n) is 2.76. The van der Waals surface area contributed by atoms with E-state index >= 15 is 0 Å². The van der Waals surface area contributed by atoms with Gasteiger partial charge in [-0.3, -0.25) is 4.79 Å². The summed E-state index contributed by atoms with van der Waals surface area (Å²) in [5.41, 5.74) is 0. The number of hydrogen-bond donors (Lipinski definition) is 1. The van der Waals surface area contributed by atoms with Gasteiger partial charge >= 0.3 is 0 Å². The minimum atomic E-state index is 0.211. The molecule has 3 heteroatoms. The summed E-state index contributed by atoms with van der Waals surface area (Å²) in [6.45, 7) is 1.58. The highest BCUT2D eigenvalue weighted by Gasteiger charge is 2.18. The maximum Gasteiger partial charge on any atom is 0.220 e. The number of amides is 1. The van der Waals surface area contributed by atoms with E-state index in [1.54, 1.807) is 0 Å². The molecule has 1 unspecified atom stereocenters. The van der Waals surface area contributed by atoms with Gasteiger partial charge in [-0.1, -0.05) is 25.7 Å². The molecule has 0 aromatic heterocycles. The fraction of sp³-hybridized carbons (Fsp3) is 0.923. The average Bonchev–Trinajstić information content (AvgIpc) is 2.96. The molecule has 0 aromatic carbocycles. The first-order valence-electron chi connectivity index (χ1n) is 6.73. The molecule has 1 atom stereocenters. The summed E-state index contributed by atoms with van der Waals surface area (Å²) < 4.78 is 5.47. The first-order valence-corrected chi connectivity index (χ1v) is 6.73. The van der Waals surface area contributed by atoms with Gasteiger partial charge in [-0.2, -0.15) is 0 Å². The van der Waals surface area contributed by atoms with Crippen molar-refractivity contribution in [2.24, 2.45) is 5.92 Å². The normalized spacial score (nSPS) is 26.1. The van der Waals surface area contributed by atoms with Crippen LogP contribution in [0.1, 0.15) is 51.4 Å². The summed E-state index contributed by atoms with van der Waals surface area (Å²) in [6, 6.07) is 0. The fourth-order valence-corrected chi connectivity index (χ4v) is 2.76. The Balaban J connectivity index is 1.53. The Morgan fingerprint density at radius 1 is 1.19 bits per heavy atom. The molecule has 1 aliphatic heterocycles. The summed E-state index contributed by atoms with van der Waals surface area (Å²) in [4.78, 5) is 11.6. The number of rotatable bonds is 5. The molecule has 2 rings (SSSR count). The second-order valence-electron chi connectivity index (χ2n) is 5.13. The van der Waals surface area contributed by atoms with Gasteiger partial charge in [0.2, 0.25) is 5.91 Å². The Bertz CT molecular complexity index is 196. The number of hydrogen-bond acceptors (Lipinski definition) is 2. The van der Waals surface area contributed by atoms with Crippen molar-refractivity contribution >= 4 is 5.91 Å². The lowest BCUT2D eigenvalue weighted by molar-refractivity contribution is -0.121. The van der Waals surface area contributed by atoms with E-state index in [4.69, 9.17) is 4.74 Å². The number of ether oxygens (including phenoxy) is 1. The second kappa shape index (κ2) is 6.24. The average molecular weight is 225 g/mol. The molecule has 0 aromatic rings. The highest BCUT2D eigenvalue weighted by Crippen LogP contribution is 2.28. The molecule has 1 saturated carbocycles. The molecule has 1 heterocycles. The molecule has 1 N–H and O–H groups in total. The first kappa shape index (κ1) is 11.9. The third kappa shape index (κ3) is 3.78. The van der Waals surface area contributed by atoms with Crippen LogP contribution in [-0.4, -0.2) is 25.2 Å². The van der Waals surface area contributed by atoms with Crippen LogP contribution < -0.4 is 5.32 Å². The predicted octanol–water partition coefficient (Wildman–Crippen LogP) is 2.25. The molecule has 0 radical (unpaired) electrons. The van der Waals surface area contributed by atoms with Gasteiger partial charge in [0.05, 0.1) is 6.10 Å². The van der Waals surface area contributed by atoms with Gasteiger partial charge in [-0.25, -0.2) is 0 Å². The molecule has 92 valence electrons. The SMILES string of the molecule is O=C(CCC1CCCC1)NCC1CCCO1. The maximum atomic E-state index is 11.6. The topological polar surface area (TPSA) is 38.3 Å². The van der Waals surface area contributed by atoms with Gasteiger partial charge in [0.1, 0.15) is 0 Å². The van der Waals surface area contributed by atoms with Crippen molar-refractivity contribution < 1.29 is 9.53 Å². The zero-order valence-electron chi connectivity index (χ0n) is 10.0. The highest BCUT2D eigenvalue weighted by molar-refractivity contribution is 5.75. The van der Waals surface area contributed by atoms with Gasteiger partial charge < -0.3 is 10.1 Å². The van der Waals surface area contributed by atoms with E-state index in [1.807, 2.05) is 0 Å². The lowest BCUT2D eigenvalue weighted by Crippen LogP contribution is -2.31. The van der Waals surface area contributed by atoms with Crippen LogP contribution in [0.15, 0.2) is 0 Å². The molecule has 16 heavy (non-hydrogen) atoms. The largest absolute Gasteiger partial charge is 0.376 e. The van der Waals surface area contributed by atoms with Crippen molar-refractivity contribution in [2.75, 3.05) is 13.2 Å². The first-order chi connectivity index (χ1) is 7.84. The number of carbonyl (C=O) groups excluding carboxylic acids is 1. The lowest BCUT2D eigenvalue weighted by atomic mass is 10.0. The van der Waals surface area contributed by atoms with Gasteiger partial charge in [-0.15, -0.1) is 0 Å². The van der Waals surface area contributed by atoms with E-state index in [-0.39, 0.29) is 12.0 Å². The maximum absolute atomic E-state index is 11.6. The number of carbonyl (C=O) groups is 1. The van der Waals surface area contributed by atoms with Crippen molar-refractivity contribution in [3.8, 4) is 0 Å². The Morgan fingerprint density at radius 2 is 2.00 bits per heavy atom. The summed E-state index contributed by atoms with van der Waals surface area (Å²) >= 11 is 0. The Morgan fingerprint density at radius 3 is 2.69 bits per heavy atom. The Kier molecular flexibility index (Phi) is 4.64. The Hall–Kier alpha value is -0.570. The molecule has 0 spiro atoms. The van der Waals surface area contributed by atoms with E-state index in [1.165, 1.54) is 25.7 Å². The second-order valence-corrected chi connectivity index (χ2v) is 5.13. The standard InChI is InChI=1S/C13H23NO2/c15-13(8-7-11-4-1-2-5-11)14-10-12-6-3-9-16-12/h11-12H,1-10H2,(H,14,15). The minimum absolute atomic E-state index is 0.211. The number of nitrogens with one attached hydrogen (secondary N) is 1. The zero-order valence-corrected chi connectivity index (χ0v) is 10.0. The van der Waals surface area contributed by atoms with Crippen LogP contribution in [0, 0.1) is 5.92 Å². The van der Waals surface area contributed by atoms with Crippen LogP contribution in [0.2, 0.25) is 0 Å². The van der Waals surface area contributed by atoms with E-state index in [9.17, 15) is 4.79 Å². The van der Waals surface area contributed by atoms with Crippen molar-refractivity contribution in [1.82, 2.24) is 5.32 Å².